The van der Waals surface area contributed by atoms with Gasteiger partial charge in [-0.15, -0.1) is 0 Å². The number of rotatable bonds is 2. The summed E-state index contributed by atoms with van der Waals surface area (Å²) in [6, 6.07) is 7.81. The average Bonchev–Trinajstić information content (AvgIpc) is 2.35. The summed E-state index contributed by atoms with van der Waals surface area (Å²) in [4.78, 5) is -0.419. The monoisotopic (exact) mass is 378 g/mol. The smallest absolute Gasteiger partial charge is 0.159 e. The summed E-state index contributed by atoms with van der Waals surface area (Å²) >= 11 is 6.65. The highest BCUT2D eigenvalue weighted by molar-refractivity contribution is 9.11. The Balaban J connectivity index is 2.44. The van der Waals surface area contributed by atoms with Crippen molar-refractivity contribution >= 4 is 31.9 Å². The largest absolute Gasteiger partial charge is 0.207 e. The van der Waals surface area contributed by atoms with Crippen molar-refractivity contribution in [3.8, 4) is 0 Å². The van der Waals surface area contributed by atoms with Crippen LogP contribution in [0.15, 0.2) is 40.9 Å². The molecular weight excluding hydrogens is 373 g/mol. The SMILES string of the molecule is Fc1ccc(Br)c(C(Br)c2ccc(F)c(F)c2)c1. The maximum absolute atomic E-state index is 13.2. The number of alkyl halides is 1. The van der Waals surface area contributed by atoms with Crippen molar-refractivity contribution in [1.82, 2.24) is 0 Å². The van der Waals surface area contributed by atoms with Crippen molar-refractivity contribution in [1.29, 1.82) is 0 Å². The predicted molar refractivity (Wildman–Crippen MR) is 71.2 cm³/mol. The van der Waals surface area contributed by atoms with Crippen LogP contribution in [0.2, 0.25) is 0 Å². The zero-order valence-corrected chi connectivity index (χ0v) is 12.1. The van der Waals surface area contributed by atoms with Gasteiger partial charge in [-0.2, -0.15) is 0 Å². The van der Waals surface area contributed by atoms with Gasteiger partial charge in [-0.3, -0.25) is 0 Å². The molecule has 1 unspecified atom stereocenters. The first-order valence-corrected chi connectivity index (χ1v) is 6.74. The third-order valence-corrected chi connectivity index (χ3v) is 4.21. The minimum atomic E-state index is -0.926. The van der Waals surface area contributed by atoms with Gasteiger partial charge in [-0.05, 0) is 41.5 Å². The molecule has 0 aliphatic heterocycles. The molecule has 2 aromatic rings. The summed E-state index contributed by atoms with van der Waals surface area (Å²) in [7, 11) is 0. The Kier molecular flexibility index (Phi) is 4.12. The molecule has 1 atom stereocenters. The van der Waals surface area contributed by atoms with Gasteiger partial charge < -0.3 is 0 Å². The summed E-state index contributed by atoms with van der Waals surface area (Å²) < 4.78 is 39.9. The number of halogens is 5. The fourth-order valence-electron chi connectivity index (χ4n) is 1.56. The van der Waals surface area contributed by atoms with Crippen LogP contribution in [0.25, 0.3) is 0 Å². The van der Waals surface area contributed by atoms with Crippen LogP contribution in [0.3, 0.4) is 0 Å². The Bertz CT molecular complexity index is 584. The van der Waals surface area contributed by atoms with Crippen molar-refractivity contribution < 1.29 is 13.2 Å². The Morgan fingerprint density at radius 2 is 1.61 bits per heavy atom. The third-order valence-electron chi connectivity index (χ3n) is 2.47. The van der Waals surface area contributed by atoms with Crippen LogP contribution in [0, 0.1) is 17.5 Å². The van der Waals surface area contributed by atoms with E-state index in [9.17, 15) is 13.2 Å². The van der Waals surface area contributed by atoms with Gasteiger partial charge in [0.1, 0.15) is 5.82 Å². The van der Waals surface area contributed by atoms with E-state index in [1.54, 1.807) is 6.07 Å². The highest BCUT2D eigenvalue weighted by Crippen LogP contribution is 2.36. The molecule has 0 bridgehead atoms. The fraction of sp³-hybridized carbons (Fsp3) is 0.0769. The molecular formula is C13H7Br2F3. The topological polar surface area (TPSA) is 0 Å². The molecule has 0 aliphatic carbocycles. The van der Waals surface area contributed by atoms with E-state index in [2.05, 4.69) is 31.9 Å². The van der Waals surface area contributed by atoms with Gasteiger partial charge in [-0.25, -0.2) is 13.2 Å². The minimum absolute atomic E-state index is 0.389. The van der Waals surface area contributed by atoms with Gasteiger partial charge in [0.15, 0.2) is 11.6 Å². The summed E-state index contributed by atoms with van der Waals surface area (Å²) in [6.45, 7) is 0. The summed E-state index contributed by atoms with van der Waals surface area (Å²) in [6.07, 6.45) is 0. The third kappa shape index (κ3) is 2.78. The van der Waals surface area contributed by atoms with Crippen molar-refractivity contribution in [2.45, 2.75) is 4.83 Å². The molecule has 0 saturated carbocycles. The van der Waals surface area contributed by atoms with Crippen LogP contribution >= 0.6 is 31.9 Å². The van der Waals surface area contributed by atoms with E-state index < -0.39 is 16.5 Å². The van der Waals surface area contributed by atoms with E-state index >= 15 is 0 Å². The lowest BCUT2D eigenvalue weighted by molar-refractivity contribution is 0.507. The van der Waals surface area contributed by atoms with Crippen LogP contribution in [0.5, 0.6) is 0 Å². The first kappa shape index (κ1) is 13.6. The molecule has 94 valence electrons. The quantitative estimate of drug-likeness (QED) is 0.617. The summed E-state index contributed by atoms with van der Waals surface area (Å²) in [5, 5.41) is 0. The van der Waals surface area contributed by atoms with Crippen LogP contribution in [-0.2, 0) is 0 Å². The van der Waals surface area contributed by atoms with Crippen molar-refractivity contribution in [3.63, 3.8) is 0 Å². The number of hydrogen-bond donors (Lipinski definition) is 0. The molecule has 0 amide bonds. The molecule has 0 aliphatic rings. The maximum atomic E-state index is 13.2. The molecule has 0 radical (unpaired) electrons. The van der Waals surface area contributed by atoms with Crippen molar-refractivity contribution in [3.05, 3.63) is 69.4 Å². The summed E-state index contributed by atoms with van der Waals surface area (Å²) in [5.41, 5.74) is 1.13. The fourth-order valence-corrected chi connectivity index (χ4v) is 3.00. The highest BCUT2D eigenvalue weighted by atomic mass is 79.9. The molecule has 18 heavy (non-hydrogen) atoms. The van der Waals surface area contributed by atoms with E-state index in [0.717, 1.165) is 12.1 Å². The van der Waals surface area contributed by atoms with E-state index in [1.807, 2.05) is 0 Å². The van der Waals surface area contributed by atoms with Gasteiger partial charge in [0.25, 0.3) is 0 Å². The molecule has 2 rings (SSSR count). The van der Waals surface area contributed by atoms with E-state index in [1.165, 1.54) is 18.2 Å². The lowest BCUT2D eigenvalue weighted by Gasteiger charge is -2.13. The van der Waals surface area contributed by atoms with E-state index in [0.29, 0.717) is 15.6 Å². The summed E-state index contributed by atoms with van der Waals surface area (Å²) in [5.74, 6) is -2.22. The lowest BCUT2D eigenvalue weighted by Crippen LogP contribution is -1.97. The van der Waals surface area contributed by atoms with Gasteiger partial charge in [0.05, 0.1) is 4.83 Å². The zero-order valence-electron chi connectivity index (χ0n) is 8.93. The second-order valence-corrected chi connectivity index (χ2v) is 5.47. The van der Waals surface area contributed by atoms with Gasteiger partial charge in [0, 0.05) is 4.47 Å². The molecule has 0 saturated heterocycles. The van der Waals surface area contributed by atoms with Crippen molar-refractivity contribution in [2.24, 2.45) is 0 Å². The van der Waals surface area contributed by atoms with E-state index in [-0.39, 0.29) is 5.82 Å². The molecule has 0 aromatic heterocycles. The maximum Gasteiger partial charge on any atom is 0.159 e. The highest BCUT2D eigenvalue weighted by Gasteiger charge is 2.16. The van der Waals surface area contributed by atoms with Crippen LogP contribution in [0.1, 0.15) is 16.0 Å². The second-order valence-electron chi connectivity index (χ2n) is 3.70. The van der Waals surface area contributed by atoms with Gasteiger partial charge in [0.2, 0.25) is 0 Å². The Labute approximate surface area is 119 Å². The predicted octanol–water partition coefficient (Wildman–Crippen LogP) is 5.35. The number of hydrogen-bond acceptors (Lipinski definition) is 0. The molecule has 5 heteroatoms. The van der Waals surface area contributed by atoms with Gasteiger partial charge in [-0.1, -0.05) is 37.9 Å². The van der Waals surface area contributed by atoms with Crippen LogP contribution < -0.4 is 0 Å². The lowest BCUT2D eigenvalue weighted by atomic mass is 10.0. The normalized spacial score (nSPS) is 12.5. The zero-order chi connectivity index (χ0) is 13.3. The van der Waals surface area contributed by atoms with Crippen molar-refractivity contribution in [2.75, 3.05) is 0 Å². The first-order chi connectivity index (χ1) is 8.49. The van der Waals surface area contributed by atoms with Crippen LogP contribution in [0.4, 0.5) is 13.2 Å². The minimum Gasteiger partial charge on any atom is -0.207 e. The van der Waals surface area contributed by atoms with E-state index in [4.69, 9.17) is 0 Å². The molecule has 2 aromatic carbocycles. The Hall–Kier alpha value is -0.810. The first-order valence-electron chi connectivity index (χ1n) is 5.03. The van der Waals surface area contributed by atoms with Crippen LogP contribution in [-0.4, -0.2) is 0 Å². The Morgan fingerprint density at radius 1 is 0.889 bits per heavy atom. The van der Waals surface area contributed by atoms with Gasteiger partial charge >= 0.3 is 0 Å². The second kappa shape index (κ2) is 5.45. The molecule has 0 spiro atoms. The molecule has 0 fully saturated rings. The molecule has 0 heterocycles. The Morgan fingerprint density at radius 3 is 2.28 bits per heavy atom. The number of benzene rings is 2. The molecule has 0 nitrogen and oxygen atoms in total. The average molecular weight is 380 g/mol. The standard InChI is InChI=1S/C13H7Br2F3/c14-10-3-2-8(16)6-9(10)13(15)7-1-4-11(17)12(18)5-7/h1-6,13H. The molecule has 0 N–H and O–H groups in total.